The van der Waals surface area contributed by atoms with Crippen LogP contribution < -0.4 is 15.0 Å². The van der Waals surface area contributed by atoms with Gasteiger partial charge in [0.25, 0.3) is 0 Å². The number of carbonyl (C=O) groups excluding carboxylic acids is 3. The first-order chi connectivity index (χ1) is 30.9. The number of dihydropyridines is 1. The minimum Gasteiger partial charge on any atom is -0.508 e. The van der Waals surface area contributed by atoms with Crippen molar-refractivity contribution < 1.29 is 34.1 Å². The zero-order valence-corrected chi connectivity index (χ0v) is 37.1. The Labute approximate surface area is 374 Å². The number of nitrogens with one attached hydrogen (secondary N) is 2. The molecule has 0 saturated heterocycles. The summed E-state index contributed by atoms with van der Waals surface area (Å²) in [5.74, 6) is 0.918. The number of carbonyl (C=O) groups is 3. The first-order valence-electron chi connectivity index (χ1n) is 22.3. The van der Waals surface area contributed by atoms with Crippen molar-refractivity contribution in [2.45, 2.75) is 83.8 Å². The molecule has 0 radical (unpaired) electrons. The number of phenols is 2. The number of ether oxygens (including phenoxy) is 2. The summed E-state index contributed by atoms with van der Waals surface area (Å²) in [7, 11) is 1.50. The molecule has 1 spiro atoms. The van der Waals surface area contributed by atoms with Crippen molar-refractivity contribution in [3.8, 4) is 17.2 Å². The number of hydrogen-bond acceptors (Lipinski definition) is 9. The largest absolute Gasteiger partial charge is 0.508 e. The van der Waals surface area contributed by atoms with E-state index in [0.717, 1.165) is 44.5 Å². The Morgan fingerprint density at radius 2 is 1.77 bits per heavy atom. The van der Waals surface area contributed by atoms with E-state index in [-0.39, 0.29) is 53.2 Å². The van der Waals surface area contributed by atoms with Crippen molar-refractivity contribution in [3.05, 3.63) is 156 Å². The average Bonchev–Trinajstić information content (AvgIpc) is 3.91. The molecule has 4 heterocycles. The first kappa shape index (κ1) is 43.9. The third-order valence-corrected chi connectivity index (χ3v) is 13.4. The summed E-state index contributed by atoms with van der Waals surface area (Å²) in [4.78, 5) is 45.4. The molecule has 64 heavy (non-hydrogen) atoms. The zero-order chi connectivity index (χ0) is 45.0. The molecule has 0 amide bonds. The van der Waals surface area contributed by atoms with Gasteiger partial charge in [-0.15, -0.1) is 0 Å². The average molecular weight is 863 g/mol. The fraction of sp³-hybridized carbons (Fsp3) is 0.340. The van der Waals surface area contributed by atoms with E-state index < -0.39 is 18.1 Å². The molecule has 3 aliphatic rings. The van der Waals surface area contributed by atoms with Gasteiger partial charge in [-0.05, 0) is 108 Å². The lowest BCUT2D eigenvalue weighted by molar-refractivity contribution is -0.148. The number of Topliss-reactive ketones (excluding diaryl/α,β-unsaturated/α-hetero) is 2. The second-order valence-corrected chi connectivity index (χ2v) is 17.7. The highest BCUT2D eigenvalue weighted by atomic mass is 16.5. The van der Waals surface area contributed by atoms with Crippen molar-refractivity contribution in [2.75, 3.05) is 25.1 Å². The quantitative estimate of drug-likeness (QED) is 0.118. The van der Waals surface area contributed by atoms with E-state index in [1.165, 1.54) is 19.6 Å². The van der Waals surface area contributed by atoms with Crippen LogP contribution in [0.1, 0.15) is 87.1 Å². The van der Waals surface area contributed by atoms with Crippen LogP contribution in [0.5, 0.6) is 17.2 Å². The molecule has 11 heteroatoms. The zero-order valence-electron chi connectivity index (χ0n) is 37.1. The third kappa shape index (κ3) is 9.58. The van der Waals surface area contributed by atoms with E-state index in [0.29, 0.717) is 50.9 Å². The lowest BCUT2D eigenvalue weighted by Crippen LogP contribution is -2.35. The van der Waals surface area contributed by atoms with Crippen LogP contribution in [-0.4, -0.2) is 63.6 Å². The maximum Gasteiger partial charge on any atom is 0.302 e. The SMILES string of the molecule is COc1cc([C@@H]2CC(=O)C[C@H](OC(C)=O)CC[C@@]3(C=CC=C[C@@H]3C)Cc3c[nH]cc3C[C@@H](c3cccc(O)c3)C3=CCNC(=C3)N(CCC(C)=O)c3cccc4cn2cc34)ccc1O. The van der Waals surface area contributed by atoms with Gasteiger partial charge in [0.05, 0.1) is 18.8 Å². The van der Waals surface area contributed by atoms with Crippen molar-refractivity contribution in [2.24, 2.45) is 11.3 Å². The number of fused-ring (bicyclic) bond motifs is 3. The van der Waals surface area contributed by atoms with E-state index in [9.17, 15) is 24.6 Å². The summed E-state index contributed by atoms with van der Waals surface area (Å²) in [6.45, 7) is 6.20. The minimum atomic E-state index is -0.644. The van der Waals surface area contributed by atoms with Crippen molar-refractivity contribution in [1.82, 2.24) is 14.9 Å². The number of rotatable bonds is 7. The molecule has 4 bridgehead atoms. The summed E-state index contributed by atoms with van der Waals surface area (Å²) in [6.07, 6.45) is 23.6. The van der Waals surface area contributed by atoms with Gasteiger partial charge in [0.15, 0.2) is 11.5 Å². The Kier molecular flexibility index (Phi) is 13.0. The third-order valence-electron chi connectivity index (χ3n) is 13.4. The summed E-state index contributed by atoms with van der Waals surface area (Å²) >= 11 is 0. The van der Waals surface area contributed by atoms with Crippen LogP contribution in [-0.2, 0) is 32.0 Å². The Morgan fingerprint density at radius 1 is 0.938 bits per heavy atom. The van der Waals surface area contributed by atoms with Gasteiger partial charge >= 0.3 is 5.97 Å². The number of nitrogens with zero attached hydrogens (tertiary/aromatic N) is 2. The molecule has 0 saturated carbocycles. The van der Waals surface area contributed by atoms with Crippen LogP contribution in [0.15, 0.2) is 133 Å². The number of phenolic OH excluding ortho intramolecular Hbond substituents is 2. The van der Waals surface area contributed by atoms with Crippen LogP contribution in [0.3, 0.4) is 0 Å². The van der Waals surface area contributed by atoms with Crippen LogP contribution in [0.25, 0.3) is 10.8 Å². The van der Waals surface area contributed by atoms with E-state index in [2.05, 4.69) is 83.1 Å². The van der Waals surface area contributed by atoms with E-state index in [1.807, 2.05) is 47.3 Å². The molecule has 332 valence electrons. The van der Waals surface area contributed by atoms with Gasteiger partial charge in [-0.3, -0.25) is 14.4 Å². The molecule has 0 unspecified atom stereocenters. The van der Waals surface area contributed by atoms with Gasteiger partial charge in [0.2, 0.25) is 0 Å². The molecular formula is C53H58N4O7. The summed E-state index contributed by atoms with van der Waals surface area (Å²) < 4.78 is 13.5. The Morgan fingerprint density at radius 3 is 2.55 bits per heavy atom. The standard InChI is InChI=1S/C53H58N4O7/c1-34-9-5-6-19-53(34)20-16-45(64-36(3)59)27-44(61)28-49(39-14-15-50(62)51(25-39)63-4)56-32-40-11-8-13-48(47(40)33-56)57(22-18-35(2)58)52-26-38(17-21-55-52)46(37-10-7-12-43(60)23-37)24-41-30-54-31-42(41)29-53/h5-15,17,19,23,25-26,30-34,45-46,49,54-55,60,62H,16,18,20-22,24,27-29H2,1-4H3/t34-,45+,46-,49-,53-/m0/s1. The number of esters is 1. The molecule has 2 aromatic heterocycles. The molecule has 3 aromatic carbocycles. The number of aromatic hydroxyl groups is 2. The van der Waals surface area contributed by atoms with Gasteiger partial charge in [-0.25, -0.2) is 0 Å². The van der Waals surface area contributed by atoms with Crippen LogP contribution in [0.4, 0.5) is 5.69 Å². The number of aromatic amines is 1. The predicted molar refractivity (Wildman–Crippen MR) is 250 cm³/mol. The summed E-state index contributed by atoms with van der Waals surface area (Å²) in [6, 6.07) is 18.2. The maximum absolute atomic E-state index is 14.5. The molecule has 1 aliphatic carbocycles. The maximum atomic E-state index is 14.5. The molecule has 0 fully saturated rings. The monoisotopic (exact) mass is 862 g/mol. The van der Waals surface area contributed by atoms with Gasteiger partial charge in [0.1, 0.15) is 29.2 Å². The lowest BCUT2D eigenvalue weighted by atomic mass is 9.66. The number of H-pyrrole nitrogens is 1. The van der Waals surface area contributed by atoms with Crippen LogP contribution >= 0.6 is 0 Å². The van der Waals surface area contributed by atoms with E-state index in [1.54, 1.807) is 25.1 Å². The molecule has 5 atom stereocenters. The number of aromatic nitrogens is 2. The number of methoxy groups -OCH3 is 1. The van der Waals surface area contributed by atoms with Crippen molar-refractivity contribution in [1.29, 1.82) is 0 Å². The van der Waals surface area contributed by atoms with Crippen LogP contribution in [0, 0.1) is 11.3 Å². The number of anilines is 1. The Bertz CT molecular complexity index is 2670. The van der Waals surface area contributed by atoms with Gasteiger partial charge in [0, 0.05) is 80.8 Å². The summed E-state index contributed by atoms with van der Waals surface area (Å²) in [5.41, 5.74) is 5.72. The Hall–Kier alpha value is -6.75. The predicted octanol–water partition coefficient (Wildman–Crippen LogP) is 9.53. The van der Waals surface area contributed by atoms with Crippen molar-refractivity contribution >= 4 is 34.0 Å². The molecule has 4 N–H and O–H groups in total. The highest BCUT2D eigenvalue weighted by Gasteiger charge is 2.37. The fourth-order valence-corrected chi connectivity index (χ4v) is 9.87. The Balaban J connectivity index is 1.30. The highest BCUT2D eigenvalue weighted by molar-refractivity contribution is 5.95. The number of ketones is 2. The summed E-state index contributed by atoms with van der Waals surface area (Å²) in [5, 5.41) is 26.9. The molecule has 8 rings (SSSR count). The normalized spacial score (nSPS) is 22.9. The second-order valence-electron chi connectivity index (χ2n) is 17.7. The van der Waals surface area contributed by atoms with Gasteiger partial charge in [-0.2, -0.15) is 0 Å². The fourth-order valence-electron chi connectivity index (χ4n) is 9.87. The van der Waals surface area contributed by atoms with Crippen molar-refractivity contribution in [3.63, 3.8) is 0 Å². The number of benzene rings is 3. The van der Waals surface area contributed by atoms with Gasteiger partial charge < -0.3 is 39.5 Å². The molecule has 5 aromatic rings. The van der Waals surface area contributed by atoms with Gasteiger partial charge in [-0.1, -0.05) is 67.6 Å². The molecule has 2 aliphatic heterocycles. The minimum absolute atomic E-state index is 0.00854. The number of allylic oxidation sites excluding steroid dienone is 6. The topological polar surface area (TPSA) is 146 Å². The second kappa shape index (κ2) is 18.9. The van der Waals surface area contributed by atoms with E-state index >= 15 is 0 Å². The first-order valence-corrected chi connectivity index (χ1v) is 22.3. The smallest absolute Gasteiger partial charge is 0.302 e. The van der Waals surface area contributed by atoms with E-state index in [4.69, 9.17) is 9.47 Å². The molecular weight excluding hydrogens is 805 g/mol. The lowest BCUT2D eigenvalue weighted by Gasteiger charge is -2.38. The highest BCUT2D eigenvalue weighted by Crippen LogP contribution is 2.44. The van der Waals surface area contributed by atoms with Crippen LogP contribution in [0.2, 0.25) is 0 Å². The number of hydrogen-bond donors (Lipinski definition) is 4. The molecule has 11 nitrogen and oxygen atoms in total.